The van der Waals surface area contributed by atoms with Crippen molar-refractivity contribution in [3.63, 3.8) is 0 Å². The molecule has 1 unspecified atom stereocenters. The number of aromatic nitrogens is 4. The average molecular weight is 349 g/mol. The highest BCUT2D eigenvalue weighted by Crippen LogP contribution is 2.24. The van der Waals surface area contributed by atoms with Gasteiger partial charge in [0.1, 0.15) is 11.5 Å². The lowest BCUT2D eigenvalue weighted by Gasteiger charge is -2.23. The largest absolute Gasteiger partial charge is 0.332 e. The van der Waals surface area contributed by atoms with Gasteiger partial charge in [-0.1, -0.05) is 44.2 Å². The number of nitrogens with one attached hydrogen (secondary N) is 1. The zero-order valence-electron chi connectivity index (χ0n) is 15.5. The van der Waals surface area contributed by atoms with E-state index in [-0.39, 0.29) is 17.9 Å². The van der Waals surface area contributed by atoms with Crippen LogP contribution >= 0.6 is 0 Å². The molecular formula is C20H23N5O. The number of hydrogen-bond acceptors (Lipinski definition) is 4. The lowest BCUT2D eigenvalue weighted by Crippen LogP contribution is -2.30. The predicted octanol–water partition coefficient (Wildman–Crippen LogP) is 3.82. The molecule has 134 valence electrons. The monoisotopic (exact) mass is 349 g/mol. The first kappa shape index (κ1) is 17.8. The highest BCUT2D eigenvalue weighted by Gasteiger charge is 2.22. The van der Waals surface area contributed by atoms with Gasteiger partial charge in [0.05, 0.1) is 17.4 Å². The number of aromatic amines is 1. The summed E-state index contributed by atoms with van der Waals surface area (Å²) in [6.45, 7) is 5.97. The maximum Gasteiger partial charge on any atom is 0.272 e. The molecule has 3 aromatic rings. The van der Waals surface area contributed by atoms with Gasteiger partial charge in [-0.2, -0.15) is 5.10 Å². The molecule has 0 saturated carbocycles. The Morgan fingerprint density at radius 1 is 1.12 bits per heavy atom. The minimum atomic E-state index is -0.162. The summed E-state index contributed by atoms with van der Waals surface area (Å²) < 4.78 is 0. The van der Waals surface area contributed by atoms with E-state index in [1.807, 2.05) is 57.2 Å². The zero-order chi connectivity index (χ0) is 18.7. The lowest BCUT2D eigenvalue weighted by atomic mass is 10.1. The van der Waals surface area contributed by atoms with Crippen LogP contribution < -0.4 is 0 Å². The van der Waals surface area contributed by atoms with Gasteiger partial charge in [0, 0.05) is 24.7 Å². The molecule has 1 atom stereocenters. The van der Waals surface area contributed by atoms with E-state index in [1.54, 1.807) is 24.2 Å². The van der Waals surface area contributed by atoms with E-state index in [2.05, 4.69) is 20.2 Å². The van der Waals surface area contributed by atoms with Crippen LogP contribution in [0.1, 0.15) is 54.7 Å². The zero-order valence-corrected chi connectivity index (χ0v) is 15.5. The van der Waals surface area contributed by atoms with E-state index in [1.165, 1.54) is 0 Å². The molecule has 6 nitrogen and oxygen atoms in total. The molecule has 2 heterocycles. The van der Waals surface area contributed by atoms with Gasteiger partial charge >= 0.3 is 0 Å². The molecule has 0 aliphatic heterocycles. The third kappa shape index (κ3) is 3.64. The SMILES string of the molecule is CC(C)c1nccc(C(=O)N(C)C(C)c2cc(-c3ccccc3)n[nH]2)n1. The van der Waals surface area contributed by atoms with Crippen molar-refractivity contribution in [2.24, 2.45) is 0 Å². The number of amides is 1. The summed E-state index contributed by atoms with van der Waals surface area (Å²) in [7, 11) is 1.77. The number of carbonyl (C=O) groups excluding carboxylic acids is 1. The molecule has 1 amide bonds. The molecule has 0 fully saturated rings. The molecule has 0 aliphatic rings. The Bertz CT molecular complexity index is 888. The van der Waals surface area contributed by atoms with Crippen molar-refractivity contribution in [2.75, 3.05) is 7.05 Å². The van der Waals surface area contributed by atoms with Crippen molar-refractivity contribution in [3.05, 3.63) is 65.9 Å². The first-order chi connectivity index (χ1) is 12.5. The minimum Gasteiger partial charge on any atom is -0.332 e. The molecule has 0 aliphatic carbocycles. The van der Waals surface area contributed by atoms with E-state index in [9.17, 15) is 4.79 Å². The van der Waals surface area contributed by atoms with Crippen molar-refractivity contribution in [2.45, 2.75) is 32.7 Å². The second kappa shape index (κ2) is 7.47. The van der Waals surface area contributed by atoms with Crippen LogP contribution in [0.5, 0.6) is 0 Å². The molecule has 1 N–H and O–H groups in total. The van der Waals surface area contributed by atoms with E-state index in [0.29, 0.717) is 11.5 Å². The normalized spacial score (nSPS) is 12.2. The van der Waals surface area contributed by atoms with Crippen LogP contribution in [0.2, 0.25) is 0 Å². The van der Waals surface area contributed by atoms with Crippen molar-refractivity contribution >= 4 is 5.91 Å². The van der Waals surface area contributed by atoms with Crippen LogP contribution in [0, 0.1) is 0 Å². The maximum absolute atomic E-state index is 12.8. The average Bonchev–Trinajstić information content (AvgIpc) is 3.17. The summed E-state index contributed by atoms with van der Waals surface area (Å²) in [5.74, 6) is 0.703. The third-order valence-corrected chi connectivity index (χ3v) is 4.43. The fourth-order valence-electron chi connectivity index (χ4n) is 2.64. The molecular weight excluding hydrogens is 326 g/mol. The summed E-state index contributed by atoms with van der Waals surface area (Å²) in [4.78, 5) is 23.1. The van der Waals surface area contributed by atoms with Gasteiger partial charge in [0.2, 0.25) is 0 Å². The van der Waals surface area contributed by atoms with Crippen molar-refractivity contribution < 1.29 is 4.79 Å². The molecule has 1 aromatic carbocycles. The van der Waals surface area contributed by atoms with Crippen LogP contribution in [0.4, 0.5) is 0 Å². The summed E-state index contributed by atoms with van der Waals surface area (Å²) in [5.41, 5.74) is 3.17. The van der Waals surface area contributed by atoms with Crippen LogP contribution in [0.15, 0.2) is 48.7 Å². The number of H-pyrrole nitrogens is 1. The van der Waals surface area contributed by atoms with Crippen LogP contribution in [0.25, 0.3) is 11.3 Å². The Balaban J connectivity index is 1.79. The summed E-state index contributed by atoms with van der Waals surface area (Å²) in [6.07, 6.45) is 1.64. The highest BCUT2D eigenvalue weighted by atomic mass is 16.2. The van der Waals surface area contributed by atoms with Crippen molar-refractivity contribution in [3.8, 4) is 11.3 Å². The Morgan fingerprint density at radius 3 is 2.54 bits per heavy atom. The van der Waals surface area contributed by atoms with Gasteiger partial charge in [-0.15, -0.1) is 0 Å². The lowest BCUT2D eigenvalue weighted by molar-refractivity contribution is 0.0733. The second-order valence-corrected chi connectivity index (χ2v) is 6.62. The van der Waals surface area contributed by atoms with Gasteiger partial charge < -0.3 is 4.90 Å². The first-order valence-electron chi connectivity index (χ1n) is 8.68. The summed E-state index contributed by atoms with van der Waals surface area (Å²) in [5, 5.41) is 7.41. The van der Waals surface area contributed by atoms with Gasteiger partial charge in [-0.05, 0) is 19.1 Å². The fraction of sp³-hybridized carbons (Fsp3) is 0.300. The number of benzene rings is 1. The number of rotatable bonds is 5. The quantitative estimate of drug-likeness (QED) is 0.760. The molecule has 6 heteroatoms. The molecule has 0 saturated heterocycles. The predicted molar refractivity (Wildman–Crippen MR) is 101 cm³/mol. The Labute approximate surface area is 153 Å². The number of nitrogens with zero attached hydrogens (tertiary/aromatic N) is 4. The van der Waals surface area contributed by atoms with Crippen LogP contribution in [-0.2, 0) is 0 Å². The molecule has 0 bridgehead atoms. The summed E-state index contributed by atoms with van der Waals surface area (Å²) in [6, 6.07) is 13.4. The van der Waals surface area contributed by atoms with Crippen molar-refractivity contribution in [1.29, 1.82) is 0 Å². The Morgan fingerprint density at radius 2 is 1.85 bits per heavy atom. The van der Waals surface area contributed by atoms with Crippen LogP contribution in [0.3, 0.4) is 0 Å². The standard InChI is InChI=1S/C20H23N5O/c1-13(2)19-21-11-10-16(22-19)20(26)25(4)14(3)17-12-18(24-23-17)15-8-6-5-7-9-15/h5-14H,1-4H3,(H,23,24). The maximum atomic E-state index is 12.8. The van der Waals surface area contributed by atoms with Gasteiger partial charge in [0.15, 0.2) is 0 Å². The van der Waals surface area contributed by atoms with Crippen LogP contribution in [-0.4, -0.2) is 38.0 Å². The number of carbonyl (C=O) groups is 1. The van der Waals surface area contributed by atoms with Gasteiger partial charge in [0.25, 0.3) is 5.91 Å². The van der Waals surface area contributed by atoms with Gasteiger partial charge in [-0.3, -0.25) is 9.89 Å². The Kier molecular flexibility index (Phi) is 5.11. The van der Waals surface area contributed by atoms with E-state index >= 15 is 0 Å². The molecule has 2 aromatic heterocycles. The van der Waals surface area contributed by atoms with E-state index in [0.717, 1.165) is 17.0 Å². The highest BCUT2D eigenvalue weighted by molar-refractivity contribution is 5.92. The third-order valence-electron chi connectivity index (χ3n) is 4.43. The smallest absolute Gasteiger partial charge is 0.272 e. The summed E-state index contributed by atoms with van der Waals surface area (Å²) >= 11 is 0. The topological polar surface area (TPSA) is 74.8 Å². The van der Waals surface area contributed by atoms with E-state index in [4.69, 9.17) is 0 Å². The number of hydrogen-bond donors (Lipinski definition) is 1. The second-order valence-electron chi connectivity index (χ2n) is 6.62. The molecule has 0 radical (unpaired) electrons. The molecule has 0 spiro atoms. The van der Waals surface area contributed by atoms with Gasteiger partial charge in [-0.25, -0.2) is 9.97 Å². The molecule has 26 heavy (non-hydrogen) atoms. The van der Waals surface area contributed by atoms with Crippen molar-refractivity contribution in [1.82, 2.24) is 25.1 Å². The Hall–Kier alpha value is -3.02. The fourth-order valence-corrected chi connectivity index (χ4v) is 2.64. The first-order valence-corrected chi connectivity index (χ1v) is 8.68. The molecule has 3 rings (SSSR count). The van der Waals surface area contributed by atoms with E-state index < -0.39 is 0 Å². The minimum absolute atomic E-state index is 0.141.